The molecular weight excluding hydrogens is 605 g/mol. The first-order chi connectivity index (χ1) is 24.8. The molecule has 0 fully saturated rings. The normalized spacial score (nSPS) is 11.2. The van der Waals surface area contributed by atoms with Crippen molar-refractivity contribution in [3.63, 3.8) is 0 Å². The van der Waals surface area contributed by atoms with Crippen LogP contribution in [-0.2, 0) is 0 Å². The molecule has 0 saturated heterocycles. The molecule has 0 aliphatic rings. The molecule has 2 heterocycles. The molecule has 7 aromatic carbocycles. The summed E-state index contributed by atoms with van der Waals surface area (Å²) in [6, 6.07) is 65.0. The van der Waals surface area contributed by atoms with Gasteiger partial charge >= 0.3 is 0 Å². The molecule has 50 heavy (non-hydrogen) atoms. The van der Waals surface area contributed by atoms with Crippen molar-refractivity contribution < 1.29 is 0 Å². The summed E-state index contributed by atoms with van der Waals surface area (Å²) < 4.78 is 0. The minimum absolute atomic E-state index is 0.904. The van der Waals surface area contributed by atoms with Crippen LogP contribution >= 0.6 is 0 Å². The zero-order valence-electron chi connectivity index (χ0n) is 27.4. The molecule has 0 N–H and O–H groups in total. The Hall–Kier alpha value is -6.64. The largest absolute Gasteiger partial charge is 0.254 e. The zero-order chi connectivity index (χ0) is 33.3. The first kappa shape index (κ1) is 29.5. The molecule has 9 aromatic rings. The number of pyridine rings is 2. The van der Waals surface area contributed by atoms with Crippen LogP contribution in [0, 0.1) is 0 Å². The third kappa shape index (κ3) is 5.15. The molecule has 0 aliphatic carbocycles. The van der Waals surface area contributed by atoms with E-state index >= 15 is 0 Å². The van der Waals surface area contributed by atoms with Crippen molar-refractivity contribution in [1.29, 1.82) is 0 Å². The molecule has 2 nitrogen and oxygen atoms in total. The van der Waals surface area contributed by atoms with Crippen molar-refractivity contribution in [3.8, 4) is 66.8 Å². The molecular formula is C48H32N2. The predicted octanol–water partition coefficient (Wildman–Crippen LogP) is 12.8. The van der Waals surface area contributed by atoms with Crippen LogP contribution in [0.3, 0.4) is 0 Å². The maximum Gasteiger partial charge on any atom is 0.0964 e. The summed E-state index contributed by atoms with van der Waals surface area (Å²) in [5, 5.41) is 2.14. The fourth-order valence-corrected chi connectivity index (χ4v) is 7.38. The minimum Gasteiger partial charge on any atom is -0.254 e. The van der Waals surface area contributed by atoms with Gasteiger partial charge in [0.1, 0.15) is 0 Å². The van der Waals surface area contributed by atoms with Crippen molar-refractivity contribution in [2.24, 2.45) is 0 Å². The molecule has 234 valence electrons. The maximum absolute atomic E-state index is 5.18. The fraction of sp³-hybridized carbons (Fsp3) is 0. The smallest absolute Gasteiger partial charge is 0.0964 e. The van der Waals surface area contributed by atoms with Crippen LogP contribution in [0.5, 0.6) is 0 Å². The lowest BCUT2D eigenvalue weighted by Crippen LogP contribution is -2.02. The van der Waals surface area contributed by atoms with Crippen LogP contribution in [0.2, 0.25) is 0 Å². The van der Waals surface area contributed by atoms with E-state index in [1.807, 2.05) is 12.3 Å². The number of nitrogens with zero attached hydrogens (tertiary/aromatic N) is 2. The molecule has 0 saturated carbocycles. The molecule has 2 aromatic heterocycles. The number of rotatable bonds is 6. The summed E-state index contributed by atoms with van der Waals surface area (Å²) in [5.41, 5.74) is 15.7. The van der Waals surface area contributed by atoms with E-state index < -0.39 is 0 Å². The van der Waals surface area contributed by atoms with Gasteiger partial charge in [-0.3, -0.25) is 9.97 Å². The molecule has 2 heteroatoms. The molecule has 0 unspecified atom stereocenters. The Morgan fingerprint density at radius 3 is 1.00 bits per heavy atom. The average molecular weight is 637 g/mol. The molecule has 0 bridgehead atoms. The summed E-state index contributed by atoms with van der Waals surface area (Å²) in [4.78, 5) is 9.91. The van der Waals surface area contributed by atoms with Crippen LogP contribution in [0.1, 0.15) is 0 Å². The van der Waals surface area contributed by atoms with Gasteiger partial charge < -0.3 is 0 Å². The summed E-state index contributed by atoms with van der Waals surface area (Å²) in [6.45, 7) is 0. The second kappa shape index (κ2) is 12.8. The van der Waals surface area contributed by atoms with Gasteiger partial charge in [-0.25, -0.2) is 0 Å². The molecule has 0 spiro atoms. The highest BCUT2D eigenvalue weighted by Crippen LogP contribution is 2.55. The lowest BCUT2D eigenvalue weighted by Gasteiger charge is -2.28. The Bertz CT molecular complexity index is 2500. The standard InChI is InChI=1S/C48H32N2/c1-6-17-33(18-7-1)41-42(34-19-8-2-9-20-34)44(36-23-12-4-13-24-36)46(40-31-39-29-28-38-27-16-30-49-47(38)48(39)50-32-40)45(37-25-14-5-15-26-37)43(41)35-21-10-3-11-22-35/h1-32H. The van der Waals surface area contributed by atoms with E-state index in [0.29, 0.717) is 0 Å². The first-order valence-corrected chi connectivity index (χ1v) is 17.0. The zero-order valence-corrected chi connectivity index (χ0v) is 27.4. The van der Waals surface area contributed by atoms with E-state index in [4.69, 9.17) is 9.97 Å². The van der Waals surface area contributed by atoms with Gasteiger partial charge in [0.25, 0.3) is 0 Å². The summed E-state index contributed by atoms with van der Waals surface area (Å²) >= 11 is 0. The summed E-state index contributed by atoms with van der Waals surface area (Å²) in [5.74, 6) is 0. The number of hydrogen-bond acceptors (Lipinski definition) is 2. The second-order valence-corrected chi connectivity index (χ2v) is 12.5. The average Bonchev–Trinajstić information content (AvgIpc) is 3.21. The minimum atomic E-state index is 0.904. The lowest BCUT2D eigenvalue weighted by atomic mass is 9.74. The van der Waals surface area contributed by atoms with Crippen LogP contribution in [0.15, 0.2) is 194 Å². The maximum atomic E-state index is 5.18. The molecule has 0 amide bonds. The van der Waals surface area contributed by atoms with Gasteiger partial charge in [0, 0.05) is 34.3 Å². The van der Waals surface area contributed by atoms with Gasteiger partial charge in [-0.2, -0.15) is 0 Å². The summed E-state index contributed by atoms with van der Waals surface area (Å²) in [6.07, 6.45) is 3.90. The van der Waals surface area contributed by atoms with Crippen molar-refractivity contribution in [3.05, 3.63) is 194 Å². The van der Waals surface area contributed by atoms with E-state index in [1.54, 1.807) is 0 Å². The van der Waals surface area contributed by atoms with E-state index in [9.17, 15) is 0 Å². The molecule has 9 rings (SSSR count). The van der Waals surface area contributed by atoms with E-state index in [2.05, 4.69) is 182 Å². The fourth-order valence-electron chi connectivity index (χ4n) is 7.38. The van der Waals surface area contributed by atoms with E-state index in [0.717, 1.165) is 55.2 Å². The Morgan fingerprint density at radius 1 is 0.260 bits per heavy atom. The Morgan fingerprint density at radius 2 is 0.600 bits per heavy atom. The van der Waals surface area contributed by atoms with Crippen molar-refractivity contribution >= 4 is 21.8 Å². The predicted molar refractivity (Wildman–Crippen MR) is 210 cm³/mol. The van der Waals surface area contributed by atoms with Gasteiger partial charge in [-0.1, -0.05) is 170 Å². The first-order valence-electron chi connectivity index (χ1n) is 17.0. The van der Waals surface area contributed by atoms with Gasteiger partial charge in [0.15, 0.2) is 0 Å². The number of benzene rings is 7. The molecule has 0 radical (unpaired) electrons. The third-order valence-electron chi connectivity index (χ3n) is 9.52. The van der Waals surface area contributed by atoms with Crippen LogP contribution in [0.25, 0.3) is 88.6 Å². The number of hydrogen-bond donors (Lipinski definition) is 0. The van der Waals surface area contributed by atoms with Gasteiger partial charge in [-0.05, 0) is 67.8 Å². The van der Waals surface area contributed by atoms with E-state index in [1.165, 1.54) is 33.4 Å². The highest BCUT2D eigenvalue weighted by Gasteiger charge is 2.29. The van der Waals surface area contributed by atoms with Crippen molar-refractivity contribution in [2.75, 3.05) is 0 Å². The SMILES string of the molecule is c1ccc(-c2c(-c3ccccc3)c(-c3ccccc3)c(-c3cnc4c(ccc5cccnc54)c3)c(-c3ccccc3)c2-c2ccccc2)cc1. The van der Waals surface area contributed by atoms with Gasteiger partial charge in [0.2, 0.25) is 0 Å². The Balaban J connectivity index is 1.55. The highest BCUT2D eigenvalue weighted by atomic mass is 14.7. The molecule has 0 atom stereocenters. The molecule has 0 aliphatic heterocycles. The van der Waals surface area contributed by atoms with Crippen LogP contribution in [-0.4, -0.2) is 9.97 Å². The lowest BCUT2D eigenvalue weighted by molar-refractivity contribution is 1.37. The van der Waals surface area contributed by atoms with Crippen LogP contribution in [0.4, 0.5) is 0 Å². The Labute approximate surface area is 292 Å². The number of fused-ring (bicyclic) bond motifs is 3. The van der Waals surface area contributed by atoms with Gasteiger partial charge in [-0.15, -0.1) is 0 Å². The monoisotopic (exact) mass is 636 g/mol. The van der Waals surface area contributed by atoms with Gasteiger partial charge in [0.05, 0.1) is 11.0 Å². The highest BCUT2D eigenvalue weighted by molar-refractivity contribution is 6.15. The van der Waals surface area contributed by atoms with Crippen molar-refractivity contribution in [1.82, 2.24) is 9.97 Å². The Kier molecular flexibility index (Phi) is 7.53. The van der Waals surface area contributed by atoms with E-state index in [-0.39, 0.29) is 0 Å². The quantitative estimate of drug-likeness (QED) is 0.170. The third-order valence-corrected chi connectivity index (χ3v) is 9.52. The summed E-state index contributed by atoms with van der Waals surface area (Å²) in [7, 11) is 0. The van der Waals surface area contributed by atoms with Crippen molar-refractivity contribution in [2.45, 2.75) is 0 Å². The van der Waals surface area contributed by atoms with Crippen LogP contribution < -0.4 is 0 Å². The topological polar surface area (TPSA) is 25.8 Å². The number of aromatic nitrogens is 2. The second-order valence-electron chi connectivity index (χ2n) is 12.5.